The summed E-state index contributed by atoms with van der Waals surface area (Å²) >= 11 is 0. The van der Waals surface area contributed by atoms with Gasteiger partial charge >= 0.3 is 0 Å². The number of para-hydroxylation sites is 1. The van der Waals surface area contributed by atoms with Crippen LogP contribution in [-0.2, 0) is 16.6 Å². The Bertz CT molecular complexity index is 1250. The maximum Gasteiger partial charge on any atom is 0.244 e. The van der Waals surface area contributed by atoms with Gasteiger partial charge in [-0.25, -0.2) is 0 Å². The molecule has 5 fully saturated rings. The van der Waals surface area contributed by atoms with E-state index >= 15 is 0 Å². The lowest BCUT2D eigenvalue weighted by molar-refractivity contribution is -0.230. The molecule has 7 aliphatic rings. The van der Waals surface area contributed by atoms with Crippen LogP contribution >= 0.6 is 0 Å². The third-order valence-corrected chi connectivity index (χ3v) is 10.1. The van der Waals surface area contributed by atoms with E-state index in [1.807, 2.05) is 36.4 Å². The minimum atomic E-state index is -1.37. The molecule has 0 unspecified atom stereocenters. The Labute approximate surface area is 204 Å². The minimum absolute atomic E-state index is 0.134. The van der Waals surface area contributed by atoms with Gasteiger partial charge in [-0.05, 0) is 74.8 Å². The minimum Gasteiger partial charge on any atom is -0.504 e. The molecule has 2 aromatic rings. The number of rotatable bonds is 4. The van der Waals surface area contributed by atoms with Crippen molar-refractivity contribution in [1.29, 1.82) is 0 Å². The first-order chi connectivity index (χ1) is 17.0. The van der Waals surface area contributed by atoms with Crippen molar-refractivity contribution in [1.82, 2.24) is 10.2 Å². The predicted molar refractivity (Wildman–Crippen MR) is 130 cm³/mol. The standard InChI is InChI=1S/C28H31N3O4/c32-19-9-8-17-14-20-28-11-10-27(34,23(30-28)24(33)29-18-4-2-1-3-5-18)25-26(28,21(17)22(19)35-25)12-13-31(20)15-16-6-7-16/h1-5,8-9,16,20,23,25,30,32,34H,6-7,10-15H2,(H,29,33)/t20-,23-,25-,26+,27-,28-/m1/s1. The molecule has 2 aromatic carbocycles. The Balaban J connectivity index is 1.28. The summed E-state index contributed by atoms with van der Waals surface area (Å²) in [5.74, 6) is 1.20. The molecule has 4 aliphatic heterocycles. The van der Waals surface area contributed by atoms with Crippen LogP contribution in [-0.4, -0.2) is 63.4 Å². The van der Waals surface area contributed by atoms with Crippen molar-refractivity contribution in [3.8, 4) is 11.5 Å². The maximum atomic E-state index is 13.7. The zero-order valence-electron chi connectivity index (χ0n) is 19.7. The highest BCUT2D eigenvalue weighted by Crippen LogP contribution is 2.69. The topological polar surface area (TPSA) is 94.1 Å². The Morgan fingerprint density at radius 2 is 1.97 bits per heavy atom. The van der Waals surface area contributed by atoms with Gasteiger partial charge in [-0.2, -0.15) is 0 Å². The van der Waals surface area contributed by atoms with Crippen molar-refractivity contribution < 1.29 is 19.7 Å². The van der Waals surface area contributed by atoms with E-state index in [2.05, 4.69) is 15.5 Å². The summed E-state index contributed by atoms with van der Waals surface area (Å²) in [4.78, 5) is 16.4. The van der Waals surface area contributed by atoms with Crippen molar-refractivity contribution in [3.05, 3.63) is 53.6 Å². The van der Waals surface area contributed by atoms with Crippen LogP contribution in [0, 0.1) is 5.92 Å². The highest BCUT2D eigenvalue weighted by atomic mass is 16.5. The molecule has 9 rings (SSSR count). The smallest absolute Gasteiger partial charge is 0.244 e. The normalized spacial score (nSPS) is 40.2. The number of amides is 1. The zero-order valence-corrected chi connectivity index (χ0v) is 19.7. The summed E-state index contributed by atoms with van der Waals surface area (Å²) in [6, 6.07) is 12.6. The van der Waals surface area contributed by atoms with Crippen LogP contribution in [0.1, 0.15) is 43.2 Å². The molecule has 4 heterocycles. The van der Waals surface area contributed by atoms with Crippen LogP contribution in [0.5, 0.6) is 11.5 Å². The summed E-state index contributed by atoms with van der Waals surface area (Å²) in [5, 5.41) is 29.9. The average Bonchev–Trinajstić information content (AvgIpc) is 3.60. The lowest BCUT2D eigenvalue weighted by atomic mass is 9.41. The molecule has 4 bridgehead atoms. The van der Waals surface area contributed by atoms with Crippen molar-refractivity contribution in [2.75, 3.05) is 18.4 Å². The third kappa shape index (κ3) is 2.40. The number of hydrogen-bond acceptors (Lipinski definition) is 6. The highest BCUT2D eigenvalue weighted by molar-refractivity contribution is 5.96. The van der Waals surface area contributed by atoms with Crippen LogP contribution < -0.4 is 15.4 Å². The molecule has 3 saturated heterocycles. The van der Waals surface area contributed by atoms with Crippen LogP contribution in [0.3, 0.4) is 0 Å². The highest BCUT2D eigenvalue weighted by Gasteiger charge is 2.81. The van der Waals surface area contributed by atoms with E-state index in [9.17, 15) is 15.0 Å². The fourth-order valence-corrected chi connectivity index (χ4v) is 8.57. The quantitative estimate of drug-likeness (QED) is 0.545. The summed E-state index contributed by atoms with van der Waals surface area (Å²) in [7, 11) is 0. The van der Waals surface area contributed by atoms with Gasteiger partial charge in [0.2, 0.25) is 5.91 Å². The molecular weight excluding hydrogens is 442 g/mol. The Kier molecular flexibility index (Phi) is 3.87. The monoisotopic (exact) mass is 473 g/mol. The third-order valence-electron chi connectivity index (χ3n) is 10.1. The number of likely N-dealkylation sites (tertiary alicyclic amines) is 1. The second-order valence-corrected chi connectivity index (χ2v) is 11.7. The number of hydrogen-bond donors (Lipinski definition) is 4. The van der Waals surface area contributed by atoms with Gasteiger partial charge in [0, 0.05) is 29.4 Å². The Morgan fingerprint density at radius 1 is 1.14 bits per heavy atom. The fourth-order valence-electron chi connectivity index (χ4n) is 8.57. The first-order valence-corrected chi connectivity index (χ1v) is 13.1. The molecule has 0 aromatic heterocycles. The molecule has 182 valence electrons. The summed E-state index contributed by atoms with van der Waals surface area (Å²) in [6.07, 6.45) is 5.05. The van der Waals surface area contributed by atoms with Gasteiger partial charge in [0.25, 0.3) is 0 Å². The van der Waals surface area contributed by atoms with E-state index in [-0.39, 0.29) is 23.2 Å². The predicted octanol–water partition coefficient (Wildman–Crippen LogP) is 2.31. The number of carbonyl (C=O) groups is 1. The number of carbonyl (C=O) groups excluding carboxylic acids is 1. The first-order valence-electron chi connectivity index (χ1n) is 13.1. The summed E-state index contributed by atoms with van der Waals surface area (Å²) in [6.45, 7) is 2.05. The van der Waals surface area contributed by atoms with Gasteiger partial charge in [-0.3, -0.25) is 15.0 Å². The second kappa shape index (κ2) is 6.58. The second-order valence-electron chi connectivity index (χ2n) is 11.7. The summed E-state index contributed by atoms with van der Waals surface area (Å²) in [5.41, 5.74) is 0.808. The number of ether oxygens (including phenoxy) is 1. The first kappa shape index (κ1) is 20.6. The van der Waals surface area contributed by atoms with E-state index in [0.717, 1.165) is 43.8 Å². The number of aliphatic hydroxyl groups is 1. The number of piperidine rings is 3. The number of aromatic hydroxyl groups is 1. The van der Waals surface area contributed by atoms with Crippen LogP contribution in [0.4, 0.5) is 5.69 Å². The number of fused-ring (bicyclic) bond motifs is 2. The van der Waals surface area contributed by atoms with Crippen LogP contribution in [0.2, 0.25) is 0 Å². The van der Waals surface area contributed by atoms with Gasteiger partial charge in [0.05, 0.1) is 5.41 Å². The number of anilines is 1. The van der Waals surface area contributed by atoms with E-state index in [0.29, 0.717) is 17.9 Å². The van der Waals surface area contributed by atoms with Crippen molar-refractivity contribution in [2.24, 2.45) is 5.92 Å². The lowest BCUT2D eigenvalue weighted by Gasteiger charge is -2.73. The molecule has 0 radical (unpaired) electrons. The molecule has 35 heavy (non-hydrogen) atoms. The van der Waals surface area contributed by atoms with Crippen molar-refractivity contribution in [2.45, 2.75) is 73.3 Å². The zero-order chi connectivity index (χ0) is 23.6. The molecule has 2 saturated carbocycles. The molecular formula is C28H31N3O4. The molecule has 1 amide bonds. The SMILES string of the molecule is O=C(Nc1ccccc1)[C@H]1N[C@@]23CC[C@]1(O)[C@@H]1Oc4c(O)ccc5c4[C@@]12CCN(CC1CC1)[C@@H]3C5. The Hall–Kier alpha value is -2.61. The largest absolute Gasteiger partial charge is 0.504 e. The van der Waals surface area contributed by atoms with Crippen molar-refractivity contribution >= 4 is 11.6 Å². The lowest BCUT2D eigenvalue weighted by Crippen LogP contribution is -2.92. The van der Waals surface area contributed by atoms with Crippen molar-refractivity contribution in [3.63, 3.8) is 0 Å². The van der Waals surface area contributed by atoms with E-state index in [1.165, 1.54) is 18.4 Å². The van der Waals surface area contributed by atoms with E-state index < -0.39 is 23.2 Å². The number of benzene rings is 2. The molecule has 6 atom stereocenters. The molecule has 7 heteroatoms. The number of nitrogens with one attached hydrogen (secondary N) is 2. The number of phenolic OH excluding ortho intramolecular Hbond substituents is 1. The molecule has 3 aliphatic carbocycles. The molecule has 2 spiro atoms. The van der Waals surface area contributed by atoms with Gasteiger partial charge in [0.1, 0.15) is 17.7 Å². The van der Waals surface area contributed by atoms with E-state index in [4.69, 9.17) is 4.74 Å². The fraction of sp³-hybridized carbons (Fsp3) is 0.536. The molecule has 4 N–H and O–H groups in total. The van der Waals surface area contributed by atoms with Crippen LogP contribution in [0.15, 0.2) is 42.5 Å². The van der Waals surface area contributed by atoms with Crippen LogP contribution in [0.25, 0.3) is 0 Å². The average molecular weight is 474 g/mol. The summed E-state index contributed by atoms with van der Waals surface area (Å²) < 4.78 is 6.56. The molecule has 7 nitrogen and oxygen atoms in total. The van der Waals surface area contributed by atoms with Gasteiger partial charge in [-0.1, -0.05) is 24.3 Å². The van der Waals surface area contributed by atoms with Gasteiger partial charge in [0.15, 0.2) is 11.5 Å². The van der Waals surface area contributed by atoms with Gasteiger partial charge in [-0.15, -0.1) is 0 Å². The number of nitrogens with zero attached hydrogens (tertiary/aromatic N) is 1. The maximum absolute atomic E-state index is 13.7. The Morgan fingerprint density at radius 3 is 2.77 bits per heavy atom. The number of phenols is 1. The van der Waals surface area contributed by atoms with Gasteiger partial charge < -0.3 is 20.3 Å². The van der Waals surface area contributed by atoms with E-state index in [1.54, 1.807) is 6.07 Å².